The lowest BCUT2D eigenvalue weighted by Gasteiger charge is -2.09. The van der Waals surface area contributed by atoms with Crippen LogP contribution in [0.25, 0.3) is 0 Å². The minimum Gasteiger partial charge on any atom is -0.493 e. The molecule has 0 aromatic heterocycles. The van der Waals surface area contributed by atoms with Gasteiger partial charge in [-0.25, -0.2) is 14.4 Å². The molecular formula is C22H28O8. The third-order valence-corrected chi connectivity index (χ3v) is 3.48. The van der Waals surface area contributed by atoms with E-state index in [4.69, 9.17) is 23.7 Å². The standard InChI is InChI=1S/C22H28O8/c1-16(2)20(23)28-10-6-9-27-19-8-5-7-18(15-19)22(25)30-14-12-26-11-13-29-21(24)17(3)4/h5,7-8,15H,1,3,6,9-14H2,2,4H3. The predicted molar refractivity (Wildman–Crippen MR) is 109 cm³/mol. The van der Waals surface area contributed by atoms with Crippen LogP contribution in [0.15, 0.2) is 48.6 Å². The fourth-order valence-electron chi connectivity index (χ4n) is 1.95. The van der Waals surface area contributed by atoms with E-state index in [1.54, 1.807) is 38.1 Å². The highest BCUT2D eigenvalue weighted by atomic mass is 16.6. The van der Waals surface area contributed by atoms with Crippen LogP contribution in [0, 0.1) is 0 Å². The molecule has 0 aliphatic heterocycles. The minimum absolute atomic E-state index is 0.0619. The van der Waals surface area contributed by atoms with Crippen LogP contribution in [0.2, 0.25) is 0 Å². The van der Waals surface area contributed by atoms with E-state index in [1.807, 2.05) is 0 Å². The van der Waals surface area contributed by atoms with Crippen molar-refractivity contribution in [3.8, 4) is 5.75 Å². The molecule has 0 fully saturated rings. The van der Waals surface area contributed by atoms with Crippen LogP contribution in [0.3, 0.4) is 0 Å². The van der Waals surface area contributed by atoms with Crippen molar-refractivity contribution in [2.75, 3.05) is 39.6 Å². The molecule has 0 heterocycles. The smallest absolute Gasteiger partial charge is 0.338 e. The Morgan fingerprint density at radius 3 is 2.03 bits per heavy atom. The first-order valence-corrected chi connectivity index (χ1v) is 9.44. The number of benzene rings is 1. The first-order valence-electron chi connectivity index (χ1n) is 9.44. The zero-order valence-electron chi connectivity index (χ0n) is 17.4. The molecule has 1 rings (SSSR count). The fourth-order valence-corrected chi connectivity index (χ4v) is 1.95. The van der Waals surface area contributed by atoms with E-state index in [0.29, 0.717) is 35.5 Å². The Labute approximate surface area is 176 Å². The summed E-state index contributed by atoms with van der Waals surface area (Å²) in [5.74, 6) is -0.906. The number of carbonyl (C=O) groups is 3. The Kier molecular flexibility index (Phi) is 11.6. The minimum atomic E-state index is -0.506. The van der Waals surface area contributed by atoms with Crippen LogP contribution >= 0.6 is 0 Å². The van der Waals surface area contributed by atoms with E-state index in [1.165, 1.54) is 0 Å². The molecule has 30 heavy (non-hydrogen) atoms. The quantitative estimate of drug-likeness (QED) is 0.196. The molecule has 8 nitrogen and oxygen atoms in total. The van der Waals surface area contributed by atoms with Crippen molar-refractivity contribution in [2.45, 2.75) is 20.3 Å². The van der Waals surface area contributed by atoms with E-state index < -0.39 is 17.9 Å². The van der Waals surface area contributed by atoms with Crippen LogP contribution in [0.5, 0.6) is 5.75 Å². The Bertz CT molecular complexity index is 753. The average Bonchev–Trinajstić information content (AvgIpc) is 2.72. The second kappa shape index (κ2) is 13.9. The van der Waals surface area contributed by atoms with Gasteiger partial charge in [-0.05, 0) is 32.0 Å². The Morgan fingerprint density at radius 2 is 1.40 bits per heavy atom. The van der Waals surface area contributed by atoms with E-state index in [-0.39, 0.29) is 33.0 Å². The predicted octanol–water partition coefficient (Wildman–Crippen LogP) is 2.87. The topological polar surface area (TPSA) is 97.4 Å². The van der Waals surface area contributed by atoms with E-state index in [9.17, 15) is 14.4 Å². The SMILES string of the molecule is C=C(C)C(=O)OCCCOc1cccc(C(=O)OCCOCCOC(=O)C(=C)C)c1. The van der Waals surface area contributed by atoms with Crippen molar-refractivity contribution < 1.29 is 38.1 Å². The van der Waals surface area contributed by atoms with Crippen LogP contribution in [0.1, 0.15) is 30.6 Å². The summed E-state index contributed by atoms with van der Waals surface area (Å²) in [7, 11) is 0. The summed E-state index contributed by atoms with van der Waals surface area (Å²) in [6, 6.07) is 6.58. The summed E-state index contributed by atoms with van der Waals surface area (Å²) in [4.78, 5) is 34.5. The summed E-state index contributed by atoms with van der Waals surface area (Å²) in [6.07, 6.45) is 0.507. The number of carbonyl (C=O) groups excluding carboxylic acids is 3. The molecular weight excluding hydrogens is 392 g/mol. The number of hydrogen-bond acceptors (Lipinski definition) is 8. The molecule has 0 unspecified atom stereocenters. The lowest BCUT2D eigenvalue weighted by atomic mass is 10.2. The summed E-state index contributed by atoms with van der Waals surface area (Å²) in [5.41, 5.74) is 1.01. The number of hydrogen-bond donors (Lipinski definition) is 0. The molecule has 0 atom stereocenters. The van der Waals surface area contributed by atoms with Crippen molar-refractivity contribution in [3.05, 3.63) is 54.1 Å². The number of ether oxygens (including phenoxy) is 5. The van der Waals surface area contributed by atoms with E-state index >= 15 is 0 Å². The molecule has 0 saturated heterocycles. The van der Waals surface area contributed by atoms with Gasteiger partial charge < -0.3 is 23.7 Å². The highest BCUT2D eigenvalue weighted by molar-refractivity contribution is 5.89. The second-order valence-corrected chi connectivity index (χ2v) is 6.31. The van der Waals surface area contributed by atoms with Gasteiger partial charge in [0.05, 0.1) is 32.0 Å². The molecule has 0 bridgehead atoms. The normalized spacial score (nSPS) is 10.1. The van der Waals surface area contributed by atoms with Gasteiger partial charge in [0.2, 0.25) is 0 Å². The van der Waals surface area contributed by atoms with Gasteiger partial charge in [0.1, 0.15) is 19.0 Å². The third kappa shape index (κ3) is 10.4. The second-order valence-electron chi connectivity index (χ2n) is 6.31. The zero-order valence-corrected chi connectivity index (χ0v) is 17.4. The first-order chi connectivity index (χ1) is 14.3. The zero-order chi connectivity index (χ0) is 22.4. The fraction of sp³-hybridized carbons (Fsp3) is 0.409. The van der Waals surface area contributed by atoms with Gasteiger partial charge in [-0.1, -0.05) is 19.2 Å². The molecule has 164 valence electrons. The molecule has 1 aromatic carbocycles. The summed E-state index contributed by atoms with van der Waals surface area (Å²) in [5, 5.41) is 0. The van der Waals surface area contributed by atoms with Gasteiger partial charge >= 0.3 is 17.9 Å². The molecule has 0 saturated carbocycles. The van der Waals surface area contributed by atoms with Crippen molar-refractivity contribution >= 4 is 17.9 Å². The molecule has 0 aliphatic rings. The van der Waals surface area contributed by atoms with Crippen molar-refractivity contribution in [3.63, 3.8) is 0 Å². The average molecular weight is 420 g/mol. The first kappa shape index (κ1) is 24.9. The number of esters is 3. The van der Waals surface area contributed by atoms with Crippen LogP contribution in [0.4, 0.5) is 0 Å². The largest absolute Gasteiger partial charge is 0.493 e. The van der Waals surface area contributed by atoms with Gasteiger partial charge in [0, 0.05) is 17.6 Å². The van der Waals surface area contributed by atoms with Gasteiger partial charge in [-0.3, -0.25) is 0 Å². The van der Waals surface area contributed by atoms with Crippen molar-refractivity contribution in [1.29, 1.82) is 0 Å². The van der Waals surface area contributed by atoms with Crippen molar-refractivity contribution in [2.24, 2.45) is 0 Å². The van der Waals surface area contributed by atoms with Crippen LogP contribution in [-0.2, 0) is 28.5 Å². The Balaban J connectivity index is 2.22. The summed E-state index contributed by atoms with van der Waals surface area (Å²) in [6.45, 7) is 11.2. The van der Waals surface area contributed by atoms with Gasteiger partial charge in [-0.2, -0.15) is 0 Å². The van der Waals surface area contributed by atoms with E-state index in [2.05, 4.69) is 13.2 Å². The highest BCUT2D eigenvalue weighted by Crippen LogP contribution is 2.14. The maximum atomic E-state index is 12.1. The summed E-state index contributed by atoms with van der Waals surface area (Å²) < 4.78 is 25.8. The molecule has 0 radical (unpaired) electrons. The van der Waals surface area contributed by atoms with Crippen LogP contribution in [-0.4, -0.2) is 57.5 Å². The highest BCUT2D eigenvalue weighted by Gasteiger charge is 2.09. The molecule has 0 amide bonds. The lowest BCUT2D eigenvalue weighted by Crippen LogP contribution is -2.15. The van der Waals surface area contributed by atoms with Crippen LogP contribution < -0.4 is 4.74 Å². The Morgan fingerprint density at radius 1 is 0.800 bits per heavy atom. The molecule has 0 N–H and O–H groups in total. The summed E-state index contributed by atoms with van der Waals surface area (Å²) >= 11 is 0. The van der Waals surface area contributed by atoms with Gasteiger partial charge in [0.15, 0.2) is 0 Å². The van der Waals surface area contributed by atoms with Gasteiger partial charge in [0.25, 0.3) is 0 Å². The molecule has 8 heteroatoms. The third-order valence-electron chi connectivity index (χ3n) is 3.48. The maximum absolute atomic E-state index is 12.1. The van der Waals surface area contributed by atoms with E-state index in [0.717, 1.165) is 0 Å². The Hall–Kier alpha value is -3.13. The maximum Gasteiger partial charge on any atom is 0.338 e. The van der Waals surface area contributed by atoms with Gasteiger partial charge in [-0.15, -0.1) is 0 Å². The lowest BCUT2D eigenvalue weighted by molar-refractivity contribution is -0.140. The molecule has 0 spiro atoms. The molecule has 1 aromatic rings. The number of rotatable bonds is 14. The van der Waals surface area contributed by atoms with Crippen molar-refractivity contribution in [1.82, 2.24) is 0 Å². The molecule has 0 aliphatic carbocycles. The monoisotopic (exact) mass is 420 g/mol.